The molecule has 0 atom stereocenters. The van der Waals surface area contributed by atoms with Crippen LogP contribution in [-0.4, -0.2) is 4.57 Å². The van der Waals surface area contributed by atoms with E-state index >= 15 is 0 Å². The van der Waals surface area contributed by atoms with Crippen molar-refractivity contribution in [2.24, 2.45) is 7.05 Å². The van der Waals surface area contributed by atoms with Crippen LogP contribution in [0.15, 0.2) is 42.6 Å². The molecule has 0 saturated heterocycles. The van der Waals surface area contributed by atoms with Crippen LogP contribution in [0.2, 0.25) is 0 Å². The fourth-order valence-electron chi connectivity index (χ4n) is 3.93. The van der Waals surface area contributed by atoms with Gasteiger partial charge in [0.25, 0.3) is 5.82 Å². The first-order valence-electron chi connectivity index (χ1n) is 10.0. The van der Waals surface area contributed by atoms with Crippen molar-refractivity contribution in [2.75, 3.05) is 0 Å². The van der Waals surface area contributed by atoms with Gasteiger partial charge in [-0.05, 0) is 42.9 Å². The van der Waals surface area contributed by atoms with Gasteiger partial charge in [0.2, 0.25) is 0 Å². The lowest BCUT2D eigenvalue weighted by atomic mass is 9.92. The maximum absolute atomic E-state index is 2.43. The third kappa shape index (κ3) is 3.34. The van der Waals surface area contributed by atoms with Crippen molar-refractivity contribution in [1.29, 1.82) is 0 Å². The molecule has 2 aromatic carbocycles. The average molecular weight is 362 g/mol. The van der Waals surface area contributed by atoms with E-state index in [2.05, 4.69) is 107 Å². The Labute approximate surface area is 164 Å². The van der Waals surface area contributed by atoms with Gasteiger partial charge in [-0.15, -0.1) is 0 Å². The fraction of sp³-hybridized carbons (Fsp3) is 0.400. The van der Waals surface area contributed by atoms with Crippen LogP contribution in [-0.2, 0) is 7.05 Å². The lowest BCUT2D eigenvalue weighted by molar-refractivity contribution is -0.584. The van der Waals surface area contributed by atoms with Gasteiger partial charge < -0.3 is 0 Å². The predicted molar refractivity (Wildman–Crippen MR) is 115 cm³/mol. The number of imidazole rings is 1. The maximum Gasteiger partial charge on any atom is 0.294 e. The molecule has 2 nitrogen and oxygen atoms in total. The molecule has 1 aromatic heterocycles. The van der Waals surface area contributed by atoms with E-state index in [1.807, 2.05) is 0 Å². The second-order valence-electron chi connectivity index (χ2n) is 8.37. The Balaban J connectivity index is 2.42. The molecule has 0 unspecified atom stereocenters. The Kier molecular flexibility index (Phi) is 5.28. The summed E-state index contributed by atoms with van der Waals surface area (Å²) in [6.07, 6.45) is 2.30. The summed E-state index contributed by atoms with van der Waals surface area (Å²) in [5.74, 6) is 2.19. The summed E-state index contributed by atoms with van der Waals surface area (Å²) >= 11 is 0. The molecule has 0 fully saturated rings. The van der Waals surface area contributed by atoms with Gasteiger partial charge in [0.15, 0.2) is 0 Å². The van der Waals surface area contributed by atoms with Gasteiger partial charge >= 0.3 is 0 Å². The zero-order valence-corrected chi connectivity index (χ0v) is 18.1. The van der Waals surface area contributed by atoms with E-state index in [-0.39, 0.29) is 0 Å². The van der Waals surface area contributed by atoms with Gasteiger partial charge in [0.05, 0.1) is 12.6 Å². The minimum Gasteiger partial charge on any atom is -0.230 e. The first-order chi connectivity index (χ1) is 12.7. The SMILES string of the molecule is Cc1cccc(-c2n(C)c(C)c[n+]2-c2c(C(C)C)cccc2C(C)C)c1C. The fourth-order valence-corrected chi connectivity index (χ4v) is 3.93. The van der Waals surface area contributed by atoms with Crippen LogP contribution in [0.1, 0.15) is 67.5 Å². The number of aryl methyl sites for hydroxylation is 2. The largest absolute Gasteiger partial charge is 0.294 e. The first kappa shape index (κ1) is 19.4. The normalized spacial score (nSPS) is 11.6. The Hall–Kier alpha value is -2.35. The highest BCUT2D eigenvalue weighted by Crippen LogP contribution is 2.31. The molecule has 0 spiro atoms. The van der Waals surface area contributed by atoms with E-state index in [9.17, 15) is 0 Å². The van der Waals surface area contributed by atoms with Crippen molar-refractivity contribution in [3.8, 4) is 17.1 Å². The number of aromatic nitrogens is 2. The average Bonchev–Trinajstić information content (AvgIpc) is 2.91. The molecule has 0 aliphatic heterocycles. The van der Waals surface area contributed by atoms with E-state index in [0.717, 1.165) is 0 Å². The van der Waals surface area contributed by atoms with Crippen molar-refractivity contribution in [1.82, 2.24) is 4.57 Å². The van der Waals surface area contributed by atoms with Gasteiger partial charge in [-0.3, -0.25) is 0 Å². The molecule has 3 aromatic rings. The molecule has 0 aliphatic rings. The van der Waals surface area contributed by atoms with Crippen molar-refractivity contribution in [3.05, 3.63) is 70.5 Å². The highest BCUT2D eigenvalue weighted by molar-refractivity contribution is 5.61. The number of rotatable bonds is 4. The van der Waals surface area contributed by atoms with Crippen LogP contribution >= 0.6 is 0 Å². The summed E-state index contributed by atoms with van der Waals surface area (Å²) in [7, 11) is 2.18. The Morgan fingerprint density at radius 3 is 1.93 bits per heavy atom. The number of nitrogens with zero attached hydrogens (tertiary/aromatic N) is 2. The summed E-state index contributed by atoms with van der Waals surface area (Å²) in [5, 5.41) is 0. The molecule has 1 heterocycles. The molecular formula is C25H33N2+. The Morgan fingerprint density at radius 1 is 0.815 bits per heavy atom. The number of benzene rings is 2. The quantitative estimate of drug-likeness (QED) is 0.493. The molecule has 27 heavy (non-hydrogen) atoms. The zero-order chi connectivity index (χ0) is 19.9. The summed E-state index contributed by atoms with van der Waals surface area (Å²) in [6.45, 7) is 15.8. The van der Waals surface area contributed by atoms with Crippen LogP contribution in [0.3, 0.4) is 0 Å². The van der Waals surface area contributed by atoms with E-state index in [1.165, 1.54) is 45.0 Å². The van der Waals surface area contributed by atoms with Crippen molar-refractivity contribution in [3.63, 3.8) is 0 Å². The Morgan fingerprint density at radius 2 is 1.37 bits per heavy atom. The minimum absolute atomic E-state index is 0.471. The molecule has 0 N–H and O–H groups in total. The smallest absolute Gasteiger partial charge is 0.230 e. The topological polar surface area (TPSA) is 8.81 Å². The van der Waals surface area contributed by atoms with Crippen LogP contribution < -0.4 is 4.57 Å². The van der Waals surface area contributed by atoms with Gasteiger partial charge in [-0.1, -0.05) is 58.0 Å². The first-order valence-corrected chi connectivity index (χ1v) is 10.0. The van der Waals surface area contributed by atoms with Crippen molar-refractivity contribution < 1.29 is 4.57 Å². The highest BCUT2D eigenvalue weighted by Gasteiger charge is 2.28. The molecule has 0 bridgehead atoms. The summed E-state index contributed by atoms with van der Waals surface area (Å²) in [6, 6.07) is 13.4. The standard InChI is InChI=1S/C25H33N2/c1-16(2)21-12-10-13-22(17(3)4)24(21)27-15-19(6)26(8)25(27)23-14-9-11-18(5)20(23)7/h9-17H,1-8H3/q+1. The van der Waals surface area contributed by atoms with Gasteiger partial charge in [-0.2, -0.15) is 4.57 Å². The second-order valence-corrected chi connectivity index (χ2v) is 8.37. The van der Waals surface area contributed by atoms with E-state index in [4.69, 9.17) is 0 Å². The minimum atomic E-state index is 0.471. The molecular weight excluding hydrogens is 328 g/mol. The van der Waals surface area contributed by atoms with Crippen molar-refractivity contribution >= 4 is 0 Å². The Bertz CT molecular complexity index is 948. The van der Waals surface area contributed by atoms with E-state index in [0.29, 0.717) is 11.8 Å². The molecule has 0 aliphatic carbocycles. The van der Waals surface area contributed by atoms with E-state index < -0.39 is 0 Å². The summed E-state index contributed by atoms with van der Waals surface area (Å²) < 4.78 is 4.75. The molecule has 0 amide bonds. The van der Waals surface area contributed by atoms with E-state index in [1.54, 1.807) is 0 Å². The molecule has 0 saturated carbocycles. The number of para-hydroxylation sites is 1. The molecule has 142 valence electrons. The number of hydrogen-bond donors (Lipinski definition) is 0. The van der Waals surface area contributed by atoms with Crippen molar-refractivity contribution in [2.45, 2.75) is 60.3 Å². The highest BCUT2D eigenvalue weighted by atomic mass is 15.2. The monoisotopic (exact) mass is 361 g/mol. The summed E-state index contributed by atoms with van der Waals surface area (Å²) in [4.78, 5) is 0. The molecule has 0 radical (unpaired) electrons. The van der Waals surface area contributed by atoms with Gasteiger partial charge in [0, 0.05) is 18.1 Å². The van der Waals surface area contributed by atoms with Crippen LogP contribution in [0.4, 0.5) is 0 Å². The zero-order valence-electron chi connectivity index (χ0n) is 18.1. The second kappa shape index (κ2) is 7.34. The lowest BCUT2D eigenvalue weighted by Crippen LogP contribution is -2.35. The molecule has 2 heteroatoms. The number of hydrogen-bond acceptors (Lipinski definition) is 0. The predicted octanol–water partition coefficient (Wildman–Crippen LogP) is 6.14. The van der Waals surface area contributed by atoms with Crippen LogP contribution in [0, 0.1) is 20.8 Å². The third-order valence-electron chi connectivity index (χ3n) is 5.82. The third-order valence-corrected chi connectivity index (χ3v) is 5.82. The molecule has 3 rings (SSSR count). The maximum atomic E-state index is 2.43. The van der Waals surface area contributed by atoms with Crippen LogP contribution in [0.5, 0.6) is 0 Å². The van der Waals surface area contributed by atoms with Crippen LogP contribution in [0.25, 0.3) is 17.1 Å². The lowest BCUT2D eigenvalue weighted by Gasteiger charge is -2.18. The van der Waals surface area contributed by atoms with Gasteiger partial charge in [-0.25, -0.2) is 4.57 Å². The van der Waals surface area contributed by atoms with Gasteiger partial charge in [0.1, 0.15) is 17.6 Å². The summed E-state index contributed by atoms with van der Waals surface area (Å²) in [5.41, 5.74) is 9.41.